The van der Waals surface area contributed by atoms with E-state index >= 15 is 0 Å². The summed E-state index contributed by atoms with van der Waals surface area (Å²) in [6.45, 7) is 1.32. The lowest BCUT2D eigenvalue weighted by molar-refractivity contribution is 0.0797. The maximum atomic E-state index is 14.9. The molecule has 0 radical (unpaired) electrons. The summed E-state index contributed by atoms with van der Waals surface area (Å²) in [5.41, 5.74) is 2.37. The summed E-state index contributed by atoms with van der Waals surface area (Å²) in [6.07, 6.45) is 3.16. The number of hydrogen-bond donors (Lipinski definition) is 0. The number of halogens is 1. The number of fused-ring (bicyclic) bond motifs is 1. The van der Waals surface area contributed by atoms with E-state index in [1.165, 1.54) is 24.8 Å². The van der Waals surface area contributed by atoms with Crippen molar-refractivity contribution in [3.63, 3.8) is 0 Å². The second-order valence-corrected chi connectivity index (χ2v) is 8.25. The average molecular weight is 450 g/mol. The van der Waals surface area contributed by atoms with E-state index in [2.05, 4.69) is 27.0 Å². The van der Waals surface area contributed by atoms with E-state index in [0.717, 1.165) is 32.2 Å². The Morgan fingerprint density at radius 3 is 2.75 bits per heavy atom. The number of rotatable bonds is 7. The summed E-state index contributed by atoms with van der Waals surface area (Å²) in [7, 11) is 1.46. The Kier molecular flexibility index (Phi) is 5.60. The van der Waals surface area contributed by atoms with E-state index in [9.17, 15) is 4.39 Å². The Hall–Kier alpha value is -3.65. The zero-order valence-corrected chi connectivity index (χ0v) is 18.1. The zero-order chi connectivity index (χ0) is 21.9. The van der Waals surface area contributed by atoms with Crippen LogP contribution in [0.3, 0.4) is 0 Å². The van der Waals surface area contributed by atoms with Gasteiger partial charge in [-0.1, -0.05) is 42.5 Å². The second-order valence-electron chi connectivity index (χ2n) is 7.20. The molecule has 0 saturated carbocycles. The highest BCUT2D eigenvalue weighted by Crippen LogP contribution is 2.40. The number of benzene rings is 2. The van der Waals surface area contributed by atoms with Crippen LogP contribution in [0.1, 0.15) is 5.56 Å². The van der Waals surface area contributed by atoms with Crippen LogP contribution in [0.4, 0.5) is 10.2 Å². The number of hydrogen-bond acceptors (Lipinski definition) is 7. The minimum Gasteiger partial charge on any atom is -0.494 e. The van der Waals surface area contributed by atoms with E-state index in [1.807, 2.05) is 24.3 Å². The molecule has 0 atom stereocenters. The fourth-order valence-corrected chi connectivity index (χ4v) is 4.76. The van der Waals surface area contributed by atoms with Crippen molar-refractivity contribution in [1.29, 1.82) is 0 Å². The first-order chi connectivity index (χ1) is 15.7. The highest BCUT2D eigenvalue weighted by atomic mass is 32.1. The van der Waals surface area contributed by atoms with Crippen molar-refractivity contribution in [2.45, 2.75) is 6.54 Å². The van der Waals surface area contributed by atoms with Gasteiger partial charge in [-0.25, -0.2) is 14.4 Å². The van der Waals surface area contributed by atoms with Crippen LogP contribution in [0, 0.1) is 5.82 Å². The van der Waals surface area contributed by atoms with Crippen molar-refractivity contribution >= 4 is 27.4 Å². The van der Waals surface area contributed by atoms with Gasteiger partial charge in [0.1, 0.15) is 12.6 Å². The summed E-state index contributed by atoms with van der Waals surface area (Å²) in [4.78, 5) is 11.9. The molecule has 8 heteroatoms. The van der Waals surface area contributed by atoms with E-state index in [-0.39, 0.29) is 18.4 Å². The summed E-state index contributed by atoms with van der Waals surface area (Å²) >= 11 is 1.45. The van der Waals surface area contributed by atoms with Crippen LogP contribution in [0.5, 0.6) is 5.75 Å². The molecular weight excluding hydrogens is 429 g/mol. The van der Waals surface area contributed by atoms with Crippen molar-refractivity contribution in [2.75, 3.05) is 25.3 Å². The van der Waals surface area contributed by atoms with Crippen molar-refractivity contribution < 1.29 is 18.6 Å². The van der Waals surface area contributed by atoms with Gasteiger partial charge in [0.15, 0.2) is 23.1 Å². The van der Waals surface area contributed by atoms with E-state index in [1.54, 1.807) is 24.5 Å². The summed E-state index contributed by atoms with van der Waals surface area (Å²) in [5, 5.41) is 0. The van der Waals surface area contributed by atoms with Crippen molar-refractivity contribution in [3.05, 3.63) is 84.3 Å². The zero-order valence-electron chi connectivity index (χ0n) is 17.3. The molecule has 4 aromatic rings. The number of thiophene rings is 1. The van der Waals surface area contributed by atoms with Crippen LogP contribution < -0.4 is 9.64 Å². The van der Waals surface area contributed by atoms with Gasteiger partial charge in [-0.15, -0.1) is 11.3 Å². The molecule has 1 aliphatic rings. The Labute approximate surface area is 188 Å². The molecule has 32 heavy (non-hydrogen) atoms. The number of anilines is 1. The molecule has 2 aromatic heterocycles. The third-order valence-electron chi connectivity index (χ3n) is 5.13. The van der Waals surface area contributed by atoms with Crippen LogP contribution in [-0.4, -0.2) is 30.4 Å². The van der Waals surface area contributed by atoms with Gasteiger partial charge in [-0.3, -0.25) is 0 Å². The lowest BCUT2D eigenvalue weighted by Gasteiger charge is -2.24. The molecule has 0 fully saturated rings. The smallest absolute Gasteiger partial charge is 0.229 e. The van der Waals surface area contributed by atoms with Gasteiger partial charge < -0.3 is 19.1 Å². The molecule has 0 aliphatic carbocycles. The van der Waals surface area contributed by atoms with Crippen molar-refractivity contribution in [2.24, 2.45) is 0 Å². The van der Waals surface area contributed by atoms with Gasteiger partial charge in [-0.2, -0.15) is 0 Å². The van der Waals surface area contributed by atoms with Gasteiger partial charge in [0.05, 0.1) is 23.9 Å². The van der Waals surface area contributed by atoms with Gasteiger partial charge in [0.25, 0.3) is 0 Å². The third kappa shape index (κ3) is 3.97. The average Bonchev–Trinajstić information content (AvgIpc) is 3.49. The molecule has 0 saturated heterocycles. The molecule has 5 rings (SSSR count). The summed E-state index contributed by atoms with van der Waals surface area (Å²) in [5.74, 6) is 1.30. The maximum absolute atomic E-state index is 14.9. The summed E-state index contributed by atoms with van der Waals surface area (Å²) in [6, 6.07) is 17.1. The first-order valence-electron chi connectivity index (χ1n) is 10.0. The number of ether oxygens (including phenoxy) is 3. The molecule has 0 spiro atoms. The third-order valence-corrected chi connectivity index (χ3v) is 6.28. The number of aromatic nitrogens is 2. The lowest BCUT2D eigenvalue weighted by Crippen LogP contribution is -2.26. The molecule has 0 unspecified atom stereocenters. The molecule has 0 amide bonds. The molecule has 0 N–H and O–H groups in total. The van der Waals surface area contributed by atoms with Gasteiger partial charge in [0.2, 0.25) is 6.79 Å². The Morgan fingerprint density at radius 1 is 1.09 bits per heavy atom. The fraction of sp³-hybridized carbons (Fsp3) is 0.167. The second kappa shape index (κ2) is 8.84. The first kappa shape index (κ1) is 20.3. The number of methoxy groups -OCH3 is 1. The molecule has 1 aliphatic heterocycles. The Balaban J connectivity index is 1.57. The fourth-order valence-electron chi connectivity index (χ4n) is 3.61. The quantitative estimate of drug-likeness (QED) is 0.379. The van der Waals surface area contributed by atoms with Crippen LogP contribution in [0.15, 0.2) is 72.9 Å². The highest BCUT2D eigenvalue weighted by molar-refractivity contribution is 7.22. The van der Waals surface area contributed by atoms with Crippen LogP contribution >= 0.6 is 11.3 Å². The monoisotopic (exact) mass is 449 g/mol. The topological polar surface area (TPSA) is 56.7 Å². The minimum atomic E-state index is -0.390. The van der Waals surface area contributed by atoms with E-state index in [0.29, 0.717) is 18.7 Å². The molecular formula is C24H20FN3O3S. The SMILES string of the molecule is COc1cccc(-c2cc3ncnc(N(CC4=COCO4)Cc4ccccc4)c3s2)c1F. The first-order valence-corrected chi connectivity index (χ1v) is 10.8. The van der Waals surface area contributed by atoms with Crippen molar-refractivity contribution in [3.8, 4) is 16.2 Å². The van der Waals surface area contributed by atoms with Crippen LogP contribution in [0.25, 0.3) is 20.7 Å². The largest absolute Gasteiger partial charge is 0.494 e. The molecule has 0 bridgehead atoms. The molecule has 6 nitrogen and oxygen atoms in total. The highest BCUT2D eigenvalue weighted by Gasteiger charge is 2.21. The molecule has 2 aromatic carbocycles. The summed E-state index contributed by atoms with van der Waals surface area (Å²) < 4.78 is 31.7. The van der Waals surface area contributed by atoms with Crippen LogP contribution in [-0.2, 0) is 16.0 Å². The predicted molar refractivity (Wildman–Crippen MR) is 122 cm³/mol. The Bertz CT molecular complexity index is 1280. The van der Waals surface area contributed by atoms with E-state index < -0.39 is 0 Å². The minimum absolute atomic E-state index is 0.210. The van der Waals surface area contributed by atoms with Crippen LogP contribution in [0.2, 0.25) is 0 Å². The van der Waals surface area contributed by atoms with Gasteiger partial charge >= 0.3 is 0 Å². The number of nitrogens with zero attached hydrogens (tertiary/aromatic N) is 3. The Morgan fingerprint density at radius 2 is 1.97 bits per heavy atom. The van der Waals surface area contributed by atoms with Gasteiger partial charge in [-0.05, 0) is 17.7 Å². The van der Waals surface area contributed by atoms with E-state index in [4.69, 9.17) is 14.2 Å². The lowest BCUT2D eigenvalue weighted by atomic mass is 10.1. The predicted octanol–water partition coefficient (Wildman–Crippen LogP) is 5.36. The van der Waals surface area contributed by atoms with Crippen molar-refractivity contribution in [1.82, 2.24) is 9.97 Å². The standard InChI is InChI=1S/C24H20FN3O3S/c1-29-20-9-5-8-18(22(20)25)21-10-19-23(32-21)24(27-14-26-19)28(12-17-13-30-15-31-17)11-16-6-3-2-4-7-16/h2-10,13-14H,11-12,15H2,1H3. The van der Waals surface area contributed by atoms with Gasteiger partial charge in [0, 0.05) is 17.0 Å². The molecule has 162 valence electrons. The maximum Gasteiger partial charge on any atom is 0.229 e. The molecule has 3 heterocycles. The normalized spacial score (nSPS) is 12.9.